The number of Topliss-reactive ketones (excluding diaryl/α,β-unsaturated/α-hetero) is 1. The molecule has 0 heterocycles. The molecule has 2 aromatic carbocycles. The van der Waals surface area contributed by atoms with Crippen molar-refractivity contribution in [3.05, 3.63) is 60.2 Å². The first-order chi connectivity index (χ1) is 9.47. The van der Waals surface area contributed by atoms with Crippen molar-refractivity contribution in [2.45, 2.75) is 20.8 Å². The number of hydrazine groups is 1. The molecule has 2 aromatic rings. The van der Waals surface area contributed by atoms with Gasteiger partial charge in [-0.05, 0) is 36.4 Å². The van der Waals surface area contributed by atoms with Crippen LogP contribution in [-0.4, -0.2) is 5.78 Å². The van der Waals surface area contributed by atoms with E-state index in [2.05, 4.69) is 10.9 Å². The van der Waals surface area contributed by atoms with Crippen LogP contribution >= 0.6 is 0 Å². The zero-order chi connectivity index (χ0) is 14.6. The molecule has 0 aliphatic heterocycles. The van der Waals surface area contributed by atoms with Gasteiger partial charge in [0, 0.05) is 11.0 Å². The summed E-state index contributed by atoms with van der Waals surface area (Å²) >= 11 is 0. The van der Waals surface area contributed by atoms with Crippen LogP contribution in [0.5, 0.6) is 0 Å². The third-order valence-corrected chi connectivity index (χ3v) is 2.95. The van der Waals surface area contributed by atoms with Gasteiger partial charge in [-0.15, -0.1) is 0 Å². The van der Waals surface area contributed by atoms with E-state index in [9.17, 15) is 4.79 Å². The summed E-state index contributed by atoms with van der Waals surface area (Å²) in [6.45, 7) is 5.79. The summed E-state index contributed by atoms with van der Waals surface area (Å²) in [5, 5.41) is 0. The fourth-order valence-electron chi connectivity index (χ4n) is 1.80. The molecule has 0 aromatic heterocycles. The third-order valence-electron chi connectivity index (χ3n) is 2.95. The van der Waals surface area contributed by atoms with Gasteiger partial charge in [0.25, 0.3) is 0 Å². The number of carbonyl (C=O) groups is 1. The predicted octanol–water partition coefficient (Wildman–Crippen LogP) is 4.35. The molecular weight excluding hydrogens is 248 g/mol. The maximum Gasteiger partial charge on any atom is 0.168 e. The van der Waals surface area contributed by atoms with Crippen molar-refractivity contribution in [3.8, 4) is 0 Å². The van der Waals surface area contributed by atoms with Crippen molar-refractivity contribution in [1.82, 2.24) is 0 Å². The molecule has 0 bridgehead atoms. The zero-order valence-electron chi connectivity index (χ0n) is 12.1. The molecule has 104 valence electrons. The van der Waals surface area contributed by atoms with Gasteiger partial charge >= 0.3 is 0 Å². The Kier molecular flexibility index (Phi) is 4.08. The van der Waals surface area contributed by atoms with Gasteiger partial charge < -0.3 is 10.9 Å². The Hall–Kier alpha value is -2.29. The number of nitrogens with one attached hydrogen (secondary N) is 2. The van der Waals surface area contributed by atoms with Gasteiger partial charge in [0.15, 0.2) is 5.78 Å². The highest BCUT2D eigenvalue weighted by atomic mass is 16.1. The fourth-order valence-corrected chi connectivity index (χ4v) is 1.80. The van der Waals surface area contributed by atoms with Gasteiger partial charge in [0.05, 0.1) is 11.4 Å². The molecule has 3 nitrogen and oxygen atoms in total. The second-order valence-corrected chi connectivity index (χ2v) is 5.77. The Bertz CT molecular complexity index is 568. The summed E-state index contributed by atoms with van der Waals surface area (Å²) in [7, 11) is 0. The molecule has 2 rings (SSSR count). The number of hydrogen-bond donors (Lipinski definition) is 2. The lowest BCUT2D eigenvalue weighted by Gasteiger charge is -2.17. The number of para-hydroxylation sites is 1. The Morgan fingerprint density at radius 3 is 1.80 bits per heavy atom. The van der Waals surface area contributed by atoms with E-state index in [0.29, 0.717) is 0 Å². The second kappa shape index (κ2) is 5.78. The molecule has 0 saturated carbocycles. The smallest absolute Gasteiger partial charge is 0.168 e. The first-order valence-electron chi connectivity index (χ1n) is 6.69. The van der Waals surface area contributed by atoms with Crippen LogP contribution in [0.1, 0.15) is 31.1 Å². The van der Waals surface area contributed by atoms with Gasteiger partial charge in [-0.3, -0.25) is 4.79 Å². The summed E-state index contributed by atoms with van der Waals surface area (Å²) in [6.07, 6.45) is 0. The maximum atomic E-state index is 12.1. The summed E-state index contributed by atoms with van der Waals surface area (Å²) < 4.78 is 0. The maximum absolute atomic E-state index is 12.1. The summed E-state index contributed by atoms with van der Waals surface area (Å²) in [6, 6.07) is 17.4. The molecule has 20 heavy (non-hydrogen) atoms. The van der Waals surface area contributed by atoms with Crippen molar-refractivity contribution >= 4 is 17.2 Å². The molecule has 0 fully saturated rings. The van der Waals surface area contributed by atoms with Crippen molar-refractivity contribution in [2.75, 3.05) is 10.9 Å². The van der Waals surface area contributed by atoms with E-state index < -0.39 is 0 Å². The second-order valence-electron chi connectivity index (χ2n) is 5.77. The molecule has 2 N–H and O–H groups in total. The van der Waals surface area contributed by atoms with Crippen molar-refractivity contribution in [3.63, 3.8) is 0 Å². The highest BCUT2D eigenvalue weighted by Gasteiger charge is 2.22. The Balaban J connectivity index is 2.00. The third kappa shape index (κ3) is 3.60. The van der Waals surface area contributed by atoms with Crippen LogP contribution in [0.4, 0.5) is 11.4 Å². The molecule has 0 aliphatic rings. The molecule has 0 amide bonds. The summed E-state index contributed by atoms with van der Waals surface area (Å²) in [5.74, 6) is 0.153. The highest BCUT2D eigenvalue weighted by molar-refractivity contribution is 6.00. The average molecular weight is 268 g/mol. The number of hydrogen-bond acceptors (Lipinski definition) is 3. The van der Waals surface area contributed by atoms with E-state index in [1.165, 1.54) is 0 Å². The van der Waals surface area contributed by atoms with Crippen LogP contribution in [0.25, 0.3) is 0 Å². The summed E-state index contributed by atoms with van der Waals surface area (Å²) in [5.41, 5.74) is 8.50. The van der Waals surface area contributed by atoms with Gasteiger partial charge in [0.1, 0.15) is 0 Å². The minimum atomic E-state index is -0.350. The first kappa shape index (κ1) is 14.1. The monoisotopic (exact) mass is 268 g/mol. The molecule has 0 radical (unpaired) electrons. The molecule has 0 aliphatic carbocycles. The van der Waals surface area contributed by atoms with Gasteiger partial charge in [-0.2, -0.15) is 0 Å². The van der Waals surface area contributed by atoms with Crippen LogP contribution in [0.3, 0.4) is 0 Å². The molecule has 0 saturated heterocycles. The van der Waals surface area contributed by atoms with Crippen LogP contribution in [0, 0.1) is 5.41 Å². The normalized spacial score (nSPS) is 10.9. The van der Waals surface area contributed by atoms with Gasteiger partial charge in [-0.25, -0.2) is 0 Å². The van der Waals surface area contributed by atoms with E-state index in [1.54, 1.807) is 0 Å². The Morgan fingerprint density at radius 2 is 1.30 bits per heavy atom. The molecular formula is C17H20N2O. The zero-order valence-corrected chi connectivity index (χ0v) is 12.1. The lowest BCUT2D eigenvalue weighted by Crippen LogP contribution is -2.20. The Morgan fingerprint density at radius 1 is 0.800 bits per heavy atom. The predicted molar refractivity (Wildman–Crippen MR) is 83.9 cm³/mol. The van der Waals surface area contributed by atoms with Gasteiger partial charge in [-0.1, -0.05) is 39.0 Å². The minimum absolute atomic E-state index is 0.153. The number of carbonyl (C=O) groups excluding carboxylic acids is 1. The van der Waals surface area contributed by atoms with E-state index in [1.807, 2.05) is 75.4 Å². The highest BCUT2D eigenvalue weighted by Crippen LogP contribution is 2.21. The average Bonchev–Trinajstić information content (AvgIpc) is 2.45. The quantitative estimate of drug-likeness (QED) is 0.639. The topological polar surface area (TPSA) is 41.1 Å². The van der Waals surface area contributed by atoms with Crippen LogP contribution in [0.2, 0.25) is 0 Å². The van der Waals surface area contributed by atoms with Crippen LogP contribution in [-0.2, 0) is 0 Å². The standard InChI is InChI=1S/C17H20N2O/c1-17(2,3)16(20)13-9-11-15(12-10-13)19-18-14-7-5-4-6-8-14/h4-12,18-19H,1-3H3. The fraction of sp³-hybridized carbons (Fsp3) is 0.235. The van der Waals surface area contributed by atoms with Crippen molar-refractivity contribution in [1.29, 1.82) is 0 Å². The number of rotatable bonds is 4. The SMILES string of the molecule is CC(C)(C)C(=O)c1ccc(NNc2ccccc2)cc1. The Labute approximate surface area is 120 Å². The molecule has 0 unspecified atom stereocenters. The lowest BCUT2D eigenvalue weighted by molar-refractivity contribution is 0.0858. The first-order valence-corrected chi connectivity index (χ1v) is 6.69. The van der Waals surface area contributed by atoms with E-state index >= 15 is 0 Å². The summed E-state index contributed by atoms with van der Waals surface area (Å²) in [4.78, 5) is 12.1. The minimum Gasteiger partial charge on any atom is -0.301 e. The number of ketones is 1. The van der Waals surface area contributed by atoms with Crippen molar-refractivity contribution < 1.29 is 4.79 Å². The van der Waals surface area contributed by atoms with E-state index in [0.717, 1.165) is 16.9 Å². The van der Waals surface area contributed by atoms with Gasteiger partial charge in [0.2, 0.25) is 0 Å². The van der Waals surface area contributed by atoms with E-state index in [-0.39, 0.29) is 11.2 Å². The van der Waals surface area contributed by atoms with E-state index in [4.69, 9.17) is 0 Å². The number of anilines is 2. The van der Waals surface area contributed by atoms with Crippen LogP contribution in [0.15, 0.2) is 54.6 Å². The lowest BCUT2D eigenvalue weighted by atomic mass is 9.86. The molecule has 0 atom stereocenters. The van der Waals surface area contributed by atoms with Crippen LogP contribution < -0.4 is 10.9 Å². The molecule has 3 heteroatoms. The molecule has 0 spiro atoms. The largest absolute Gasteiger partial charge is 0.301 e. The number of benzene rings is 2. The van der Waals surface area contributed by atoms with Crippen molar-refractivity contribution in [2.24, 2.45) is 5.41 Å².